The van der Waals surface area contributed by atoms with Gasteiger partial charge in [0.1, 0.15) is 5.82 Å². The molecule has 0 radical (unpaired) electrons. The molecule has 3 heteroatoms. The van der Waals surface area contributed by atoms with Crippen molar-refractivity contribution in [2.45, 2.75) is 44.9 Å². The topological polar surface area (TPSA) is 43.8 Å². The first kappa shape index (κ1) is 9.56. The highest BCUT2D eigenvalue weighted by molar-refractivity contribution is 5.45. The Morgan fingerprint density at radius 2 is 1.93 bits per heavy atom. The third-order valence-corrected chi connectivity index (χ3v) is 3.62. The molecule has 3 nitrogen and oxygen atoms in total. The van der Waals surface area contributed by atoms with Gasteiger partial charge in [-0.3, -0.25) is 4.68 Å². The standard InChI is InChI=1S/C11H19N3/c1-8-9(13-14(3)10(8)12)11(2)6-4-5-7-11/h4-7,12H2,1-3H3. The lowest BCUT2D eigenvalue weighted by molar-refractivity contribution is 0.466. The summed E-state index contributed by atoms with van der Waals surface area (Å²) in [6.07, 6.45) is 5.16. The number of nitrogens with zero attached hydrogens (tertiary/aromatic N) is 2. The molecule has 1 heterocycles. The molecule has 1 aromatic rings. The van der Waals surface area contributed by atoms with Crippen molar-refractivity contribution in [2.24, 2.45) is 7.05 Å². The molecule has 78 valence electrons. The summed E-state index contributed by atoms with van der Waals surface area (Å²) in [6, 6.07) is 0. The highest BCUT2D eigenvalue weighted by Gasteiger charge is 2.34. The smallest absolute Gasteiger partial charge is 0.124 e. The van der Waals surface area contributed by atoms with Gasteiger partial charge in [-0.25, -0.2) is 0 Å². The lowest BCUT2D eigenvalue weighted by Gasteiger charge is -2.21. The van der Waals surface area contributed by atoms with E-state index in [1.807, 2.05) is 7.05 Å². The van der Waals surface area contributed by atoms with Gasteiger partial charge in [0, 0.05) is 18.0 Å². The summed E-state index contributed by atoms with van der Waals surface area (Å²) < 4.78 is 1.80. The SMILES string of the molecule is Cc1c(C2(C)CCCC2)nn(C)c1N. The van der Waals surface area contributed by atoms with Crippen LogP contribution in [0.1, 0.15) is 43.9 Å². The Morgan fingerprint density at radius 3 is 2.36 bits per heavy atom. The number of anilines is 1. The van der Waals surface area contributed by atoms with Crippen LogP contribution >= 0.6 is 0 Å². The second-order valence-electron chi connectivity index (χ2n) is 4.75. The molecule has 1 fully saturated rings. The summed E-state index contributed by atoms with van der Waals surface area (Å²) in [4.78, 5) is 0. The van der Waals surface area contributed by atoms with Crippen LogP contribution in [0.15, 0.2) is 0 Å². The maximum absolute atomic E-state index is 5.93. The Kier molecular flexibility index (Phi) is 2.05. The molecule has 1 aliphatic carbocycles. The van der Waals surface area contributed by atoms with Gasteiger partial charge in [-0.05, 0) is 19.8 Å². The number of rotatable bonds is 1. The fourth-order valence-corrected chi connectivity index (χ4v) is 2.61. The van der Waals surface area contributed by atoms with Crippen LogP contribution < -0.4 is 5.73 Å². The molecule has 0 spiro atoms. The lowest BCUT2D eigenvalue weighted by atomic mass is 9.83. The Bertz CT molecular complexity index is 346. The van der Waals surface area contributed by atoms with Gasteiger partial charge in [0.2, 0.25) is 0 Å². The van der Waals surface area contributed by atoms with Crippen molar-refractivity contribution in [2.75, 3.05) is 5.73 Å². The second kappa shape index (κ2) is 3.01. The molecule has 14 heavy (non-hydrogen) atoms. The summed E-state index contributed by atoms with van der Waals surface area (Å²) in [5.41, 5.74) is 8.60. The van der Waals surface area contributed by atoms with E-state index < -0.39 is 0 Å². The van der Waals surface area contributed by atoms with Crippen molar-refractivity contribution in [3.8, 4) is 0 Å². The molecule has 0 amide bonds. The normalized spacial score (nSPS) is 20.2. The van der Waals surface area contributed by atoms with Gasteiger partial charge >= 0.3 is 0 Å². The minimum absolute atomic E-state index is 0.277. The van der Waals surface area contributed by atoms with Crippen LogP contribution in [0.3, 0.4) is 0 Å². The van der Waals surface area contributed by atoms with Gasteiger partial charge in [-0.15, -0.1) is 0 Å². The van der Waals surface area contributed by atoms with Gasteiger partial charge in [0.05, 0.1) is 5.69 Å². The summed E-state index contributed by atoms with van der Waals surface area (Å²) in [6.45, 7) is 4.40. The van der Waals surface area contributed by atoms with Crippen LogP contribution in [0.25, 0.3) is 0 Å². The summed E-state index contributed by atoms with van der Waals surface area (Å²) in [5, 5.41) is 4.56. The van der Waals surface area contributed by atoms with Crippen LogP contribution in [0.4, 0.5) is 5.82 Å². The van der Waals surface area contributed by atoms with E-state index in [1.54, 1.807) is 4.68 Å². The molecule has 0 aromatic carbocycles. The highest BCUT2D eigenvalue weighted by atomic mass is 15.3. The fraction of sp³-hybridized carbons (Fsp3) is 0.727. The summed E-state index contributed by atoms with van der Waals surface area (Å²) in [5.74, 6) is 0.813. The predicted molar refractivity (Wildman–Crippen MR) is 58.2 cm³/mol. The van der Waals surface area contributed by atoms with Crippen molar-refractivity contribution in [3.05, 3.63) is 11.3 Å². The largest absolute Gasteiger partial charge is 0.384 e. The number of nitrogens with two attached hydrogens (primary N) is 1. The van der Waals surface area contributed by atoms with Crippen molar-refractivity contribution in [1.82, 2.24) is 9.78 Å². The molecule has 0 unspecified atom stereocenters. The van der Waals surface area contributed by atoms with E-state index in [-0.39, 0.29) is 5.41 Å². The molecule has 0 aliphatic heterocycles. The van der Waals surface area contributed by atoms with Crippen molar-refractivity contribution in [3.63, 3.8) is 0 Å². The zero-order valence-corrected chi connectivity index (χ0v) is 9.30. The predicted octanol–water partition coefficient (Wildman–Crippen LogP) is 2.14. The molecular weight excluding hydrogens is 174 g/mol. The summed E-state index contributed by atoms with van der Waals surface area (Å²) in [7, 11) is 1.92. The maximum Gasteiger partial charge on any atom is 0.124 e. The third kappa shape index (κ3) is 1.22. The van der Waals surface area contributed by atoms with Crippen LogP contribution in [0.2, 0.25) is 0 Å². The minimum Gasteiger partial charge on any atom is -0.384 e. The van der Waals surface area contributed by atoms with Gasteiger partial charge in [-0.2, -0.15) is 5.10 Å². The van der Waals surface area contributed by atoms with Crippen molar-refractivity contribution in [1.29, 1.82) is 0 Å². The third-order valence-electron chi connectivity index (χ3n) is 3.62. The highest BCUT2D eigenvalue weighted by Crippen LogP contribution is 2.41. The van der Waals surface area contributed by atoms with Gasteiger partial charge in [0.25, 0.3) is 0 Å². The first-order valence-corrected chi connectivity index (χ1v) is 5.34. The van der Waals surface area contributed by atoms with E-state index in [1.165, 1.54) is 36.9 Å². The molecule has 1 aromatic heterocycles. The molecule has 0 saturated heterocycles. The first-order valence-electron chi connectivity index (χ1n) is 5.34. The number of aromatic nitrogens is 2. The van der Waals surface area contributed by atoms with Crippen LogP contribution in [0.5, 0.6) is 0 Å². The Balaban J connectivity index is 2.45. The van der Waals surface area contributed by atoms with Gasteiger partial charge in [0.15, 0.2) is 0 Å². The number of hydrogen-bond acceptors (Lipinski definition) is 2. The van der Waals surface area contributed by atoms with Crippen LogP contribution in [-0.2, 0) is 12.5 Å². The monoisotopic (exact) mass is 193 g/mol. The zero-order chi connectivity index (χ0) is 10.3. The van der Waals surface area contributed by atoms with Gasteiger partial charge < -0.3 is 5.73 Å². The zero-order valence-electron chi connectivity index (χ0n) is 9.30. The molecule has 2 N–H and O–H groups in total. The van der Waals surface area contributed by atoms with Crippen molar-refractivity contribution >= 4 is 5.82 Å². The van der Waals surface area contributed by atoms with E-state index in [2.05, 4.69) is 18.9 Å². The van der Waals surface area contributed by atoms with Crippen LogP contribution in [0, 0.1) is 6.92 Å². The van der Waals surface area contributed by atoms with E-state index in [0.717, 1.165) is 5.82 Å². The Morgan fingerprint density at radius 1 is 1.36 bits per heavy atom. The van der Waals surface area contributed by atoms with Crippen molar-refractivity contribution < 1.29 is 0 Å². The fourth-order valence-electron chi connectivity index (χ4n) is 2.61. The average molecular weight is 193 g/mol. The second-order valence-corrected chi connectivity index (χ2v) is 4.75. The molecular formula is C11H19N3. The van der Waals surface area contributed by atoms with Crippen LogP contribution in [-0.4, -0.2) is 9.78 Å². The molecule has 1 saturated carbocycles. The summed E-state index contributed by atoms with van der Waals surface area (Å²) >= 11 is 0. The Labute approximate surface area is 85.3 Å². The average Bonchev–Trinajstić information content (AvgIpc) is 2.67. The van der Waals surface area contributed by atoms with E-state index >= 15 is 0 Å². The Hall–Kier alpha value is -0.990. The lowest BCUT2D eigenvalue weighted by Crippen LogP contribution is -2.19. The number of nitrogen functional groups attached to an aromatic ring is 1. The first-order chi connectivity index (χ1) is 6.54. The molecule has 0 atom stereocenters. The molecule has 1 aliphatic rings. The quantitative estimate of drug-likeness (QED) is 0.742. The number of hydrogen-bond donors (Lipinski definition) is 1. The van der Waals surface area contributed by atoms with Gasteiger partial charge in [-0.1, -0.05) is 19.8 Å². The van der Waals surface area contributed by atoms with E-state index in [4.69, 9.17) is 5.73 Å². The molecule has 2 rings (SSSR count). The molecule has 0 bridgehead atoms. The maximum atomic E-state index is 5.93. The van der Waals surface area contributed by atoms with E-state index in [0.29, 0.717) is 0 Å². The van der Waals surface area contributed by atoms with E-state index in [9.17, 15) is 0 Å². The minimum atomic E-state index is 0.277. The number of aryl methyl sites for hydroxylation is 1.